The standard InChI is InChI=1S/C9H8N2O2/c12-9(13)5-11-6-10-7-3-1-2-4-8(7)11/h1-4,6H,5H2,(H,12,13)/p+1. The van der Waals surface area contributed by atoms with Crippen LogP contribution in [0.3, 0.4) is 0 Å². The second-order valence-electron chi connectivity index (χ2n) is 2.81. The maximum absolute atomic E-state index is 10.5. The van der Waals surface area contributed by atoms with Crippen LogP contribution >= 0.6 is 0 Å². The summed E-state index contributed by atoms with van der Waals surface area (Å²) in [7, 11) is 0. The number of para-hydroxylation sites is 2. The van der Waals surface area contributed by atoms with Crippen molar-refractivity contribution in [3.8, 4) is 0 Å². The largest absolute Gasteiger partial charge is 0.478 e. The van der Waals surface area contributed by atoms with E-state index in [9.17, 15) is 4.79 Å². The predicted molar refractivity (Wildman–Crippen MR) is 46.1 cm³/mol. The molecule has 0 unspecified atom stereocenters. The molecule has 66 valence electrons. The summed E-state index contributed by atoms with van der Waals surface area (Å²) in [6, 6.07) is 7.58. The second kappa shape index (κ2) is 2.90. The summed E-state index contributed by atoms with van der Waals surface area (Å²) in [6.07, 6.45) is 1.67. The summed E-state index contributed by atoms with van der Waals surface area (Å²) in [5, 5.41) is 8.61. The Labute approximate surface area is 74.4 Å². The number of carboxylic acids is 1. The van der Waals surface area contributed by atoms with Crippen LogP contribution in [0.1, 0.15) is 0 Å². The number of carboxylic acid groups (broad SMARTS) is 1. The molecule has 0 bridgehead atoms. The lowest BCUT2D eigenvalue weighted by Crippen LogP contribution is -2.36. The number of rotatable bonds is 2. The van der Waals surface area contributed by atoms with Crippen LogP contribution < -0.4 is 4.57 Å². The number of aliphatic carboxylic acids is 1. The number of carbonyl (C=O) groups is 1. The maximum Gasteiger partial charge on any atom is 0.346 e. The number of aromatic amines is 1. The average molecular weight is 177 g/mol. The molecule has 1 aromatic heterocycles. The maximum atomic E-state index is 10.5. The molecule has 2 rings (SSSR count). The molecule has 0 spiro atoms. The lowest BCUT2D eigenvalue weighted by atomic mass is 10.3. The quantitative estimate of drug-likeness (QED) is 0.658. The Bertz CT molecular complexity index is 448. The van der Waals surface area contributed by atoms with Crippen molar-refractivity contribution in [1.29, 1.82) is 0 Å². The molecule has 0 aliphatic rings. The van der Waals surface area contributed by atoms with Gasteiger partial charge in [0.1, 0.15) is 0 Å². The first-order valence-electron chi connectivity index (χ1n) is 3.95. The molecule has 1 heterocycles. The van der Waals surface area contributed by atoms with Gasteiger partial charge in [-0.2, -0.15) is 0 Å². The van der Waals surface area contributed by atoms with E-state index in [2.05, 4.69) is 4.98 Å². The number of fused-ring (bicyclic) bond motifs is 1. The normalized spacial score (nSPS) is 10.5. The van der Waals surface area contributed by atoms with E-state index >= 15 is 0 Å². The van der Waals surface area contributed by atoms with Crippen LogP contribution in [0.5, 0.6) is 0 Å². The third-order valence-corrected chi connectivity index (χ3v) is 1.89. The van der Waals surface area contributed by atoms with E-state index in [0.717, 1.165) is 11.0 Å². The van der Waals surface area contributed by atoms with Crippen LogP contribution in [0, 0.1) is 0 Å². The minimum Gasteiger partial charge on any atom is -0.478 e. The number of aromatic nitrogens is 2. The SMILES string of the molecule is O=C(O)C[n+]1c[nH]c2ccccc21. The average Bonchev–Trinajstić information content (AvgIpc) is 2.48. The van der Waals surface area contributed by atoms with Gasteiger partial charge in [0.15, 0.2) is 17.6 Å². The zero-order chi connectivity index (χ0) is 9.26. The van der Waals surface area contributed by atoms with Crippen molar-refractivity contribution in [1.82, 2.24) is 4.98 Å². The first-order valence-corrected chi connectivity index (χ1v) is 3.95. The van der Waals surface area contributed by atoms with Gasteiger partial charge in [0.05, 0.1) is 0 Å². The Morgan fingerprint density at radius 1 is 1.46 bits per heavy atom. The Morgan fingerprint density at radius 2 is 2.23 bits per heavy atom. The number of hydrogen-bond acceptors (Lipinski definition) is 1. The summed E-state index contributed by atoms with van der Waals surface area (Å²) in [6.45, 7) is -0.00991. The van der Waals surface area contributed by atoms with Crippen molar-refractivity contribution >= 4 is 17.0 Å². The van der Waals surface area contributed by atoms with Crippen LogP contribution in [0.15, 0.2) is 30.6 Å². The van der Waals surface area contributed by atoms with E-state index in [4.69, 9.17) is 5.11 Å². The monoisotopic (exact) mass is 177 g/mol. The third kappa shape index (κ3) is 1.38. The van der Waals surface area contributed by atoms with Gasteiger partial charge < -0.3 is 5.11 Å². The lowest BCUT2D eigenvalue weighted by molar-refractivity contribution is -0.659. The molecule has 0 saturated heterocycles. The van der Waals surface area contributed by atoms with Crippen molar-refractivity contribution in [2.24, 2.45) is 0 Å². The number of hydrogen-bond donors (Lipinski definition) is 2. The summed E-state index contributed by atoms with van der Waals surface area (Å²) in [5.74, 6) is -0.838. The van der Waals surface area contributed by atoms with E-state index in [1.54, 1.807) is 10.9 Å². The van der Waals surface area contributed by atoms with Gasteiger partial charge >= 0.3 is 5.97 Å². The van der Waals surface area contributed by atoms with Gasteiger partial charge in [-0.05, 0) is 12.1 Å². The zero-order valence-electron chi connectivity index (χ0n) is 6.90. The topological polar surface area (TPSA) is 57.0 Å². The van der Waals surface area contributed by atoms with Gasteiger partial charge in [-0.15, -0.1) is 0 Å². The molecule has 0 saturated carbocycles. The van der Waals surface area contributed by atoms with Crippen molar-refractivity contribution in [3.05, 3.63) is 30.6 Å². The molecule has 0 amide bonds. The molecular formula is C9H9N2O2+. The van der Waals surface area contributed by atoms with Crippen LogP contribution in [-0.2, 0) is 11.3 Å². The molecule has 0 aliphatic heterocycles. The van der Waals surface area contributed by atoms with Crippen LogP contribution in [0.2, 0.25) is 0 Å². The van der Waals surface area contributed by atoms with Crippen LogP contribution in [0.4, 0.5) is 0 Å². The summed E-state index contributed by atoms with van der Waals surface area (Å²) >= 11 is 0. The smallest absolute Gasteiger partial charge is 0.346 e. The van der Waals surface area contributed by atoms with Crippen molar-refractivity contribution < 1.29 is 14.5 Å². The highest BCUT2D eigenvalue weighted by Gasteiger charge is 2.10. The highest BCUT2D eigenvalue weighted by Crippen LogP contribution is 2.04. The molecule has 1 aromatic carbocycles. The molecule has 2 aromatic rings. The van der Waals surface area contributed by atoms with Crippen molar-refractivity contribution in [2.75, 3.05) is 0 Å². The number of nitrogens with one attached hydrogen (secondary N) is 1. The van der Waals surface area contributed by atoms with E-state index in [0.29, 0.717) is 0 Å². The fraction of sp³-hybridized carbons (Fsp3) is 0.111. The van der Waals surface area contributed by atoms with Gasteiger partial charge in [-0.1, -0.05) is 12.1 Å². The summed E-state index contributed by atoms with van der Waals surface area (Å²) < 4.78 is 1.66. The van der Waals surface area contributed by atoms with Gasteiger partial charge in [0, 0.05) is 0 Å². The molecule has 2 N–H and O–H groups in total. The minimum absolute atomic E-state index is 0.00991. The Kier molecular flexibility index (Phi) is 1.73. The second-order valence-corrected chi connectivity index (χ2v) is 2.81. The number of H-pyrrole nitrogens is 1. The van der Waals surface area contributed by atoms with Crippen molar-refractivity contribution in [2.45, 2.75) is 6.54 Å². The first kappa shape index (κ1) is 7.79. The van der Waals surface area contributed by atoms with Crippen molar-refractivity contribution in [3.63, 3.8) is 0 Å². The highest BCUT2D eigenvalue weighted by molar-refractivity contribution is 5.71. The number of imidazole rings is 1. The van der Waals surface area contributed by atoms with Crippen LogP contribution in [0.25, 0.3) is 11.0 Å². The molecule has 0 fully saturated rings. The highest BCUT2D eigenvalue weighted by atomic mass is 16.4. The molecule has 4 heteroatoms. The number of nitrogens with zero attached hydrogens (tertiary/aromatic N) is 1. The molecular weight excluding hydrogens is 168 g/mol. The molecule has 0 atom stereocenters. The Morgan fingerprint density at radius 3 is 3.00 bits per heavy atom. The van der Waals surface area contributed by atoms with E-state index in [-0.39, 0.29) is 6.54 Å². The lowest BCUT2D eigenvalue weighted by Gasteiger charge is -1.90. The number of benzene rings is 1. The Hall–Kier alpha value is -1.84. The predicted octanol–water partition coefficient (Wildman–Crippen LogP) is 0.540. The van der Waals surface area contributed by atoms with E-state index < -0.39 is 5.97 Å². The van der Waals surface area contributed by atoms with Crippen LogP contribution in [-0.4, -0.2) is 16.1 Å². The zero-order valence-corrected chi connectivity index (χ0v) is 6.90. The van der Waals surface area contributed by atoms with E-state index in [1.807, 2.05) is 24.3 Å². The van der Waals surface area contributed by atoms with Gasteiger partial charge in [0.2, 0.25) is 6.33 Å². The van der Waals surface area contributed by atoms with E-state index in [1.165, 1.54) is 0 Å². The Balaban J connectivity index is 2.51. The molecule has 4 nitrogen and oxygen atoms in total. The first-order chi connectivity index (χ1) is 6.27. The fourth-order valence-electron chi connectivity index (χ4n) is 1.34. The van der Waals surface area contributed by atoms with Gasteiger partial charge in [-0.25, -0.2) is 14.3 Å². The molecule has 0 radical (unpaired) electrons. The van der Waals surface area contributed by atoms with Gasteiger partial charge in [0.25, 0.3) is 0 Å². The molecule has 0 aliphatic carbocycles. The third-order valence-electron chi connectivity index (χ3n) is 1.89. The summed E-state index contributed by atoms with van der Waals surface area (Å²) in [4.78, 5) is 13.5. The fourth-order valence-corrected chi connectivity index (χ4v) is 1.34. The minimum atomic E-state index is -0.838. The summed E-state index contributed by atoms with van der Waals surface area (Å²) in [5.41, 5.74) is 1.86. The molecule has 13 heavy (non-hydrogen) atoms. The van der Waals surface area contributed by atoms with Gasteiger partial charge in [-0.3, -0.25) is 0 Å².